The van der Waals surface area contributed by atoms with Crippen molar-refractivity contribution < 1.29 is 17.6 Å². The van der Waals surface area contributed by atoms with Crippen LogP contribution in [0.3, 0.4) is 0 Å². The van der Waals surface area contributed by atoms with Crippen LogP contribution in [-0.2, 0) is 10.0 Å². The van der Waals surface area contributed by atoms with Crippen LogP contribution >= 0.6 is 0 Å². The standard InChI is InChI=1S/C20H21FN4O3S/c1-13(19-12-22-25(14(19)2)18-10-6-16(21)7-11-18)23-20(26)15-4-8-17(9-5-15)24-29(3,27)28/h4-13,24H,1-3H3,(H,23,26)/t13-/m1/s1. The number of carbonyl (C=O) groups is 1. The van der Waals surface area contributed by atoms with Crippen molar-refractivity contribution >= 4 is 21.6 Å². The van der Waals surface area contributed by atoms with Crippen molar-refractivity contribution in [1.82, 2.24) is 15.1 Å². The van der Waals surface area contributed by atoms with Gasteiger partial charge in [0.25, 0.3) is 5.91 Å². The molecule has 7 nitrogen and oxygen atoms in total. The zero-order chi connectivity index (χ0) is 21.2. The second kappa shape index (κ2) is 8.04. The van der Waals surface area contributed by atoms with Crippen molar-refractivity contribution in [3.63, 3.8) is 0 Å². The Morgan fingerprint density at radius 1 is 1.10 bits per heavy atom. The fraction of sp³-hybridized carbons (Fsp3) is 0.200. The number of carbonyl (C=O) groups excluding carboxylic acids is 1. The van der Waals surface area contributed by atoms with Crippen LogP contribution in [0.25, 0.3) is 5.69 Å². The molecule has 2 N–H and O–H groups in total. The highest BCUT2D eigenvalue weighted by Gasteiger charge is 2.17. The summed E-state index contributed by atoms with van der Waals surface area (Å²) in [6.45, 7) is 3.72. The lowest BCUT2D eigenvalue weighted by molar-refractivity contribution is 0.0940. The van der Waals surface area contributed by atoms with Gasteiger partial charge in [0.05, 0.1) is 24.2 Å². The molecule has 0 saturated carbocycles. The third-order valence-electron chi connectivity index (χ3n) is 4.38. The first-order chi connectivity index (χ1) is 13.6. The normalized spacial score (nSPS) is 12.4. The molecule has 0 fully saturated rings. The first kappa shape index (κ1) is 20.5. The second-order valence-electron chi connectivity index (χ2n) is 6.72. The highest BCUT2D eigenvalue weighted by Crippen LogP contribution is 2.21. The van der Waals surface area contributed by atoms with Gasteiger partial charge in [-0.2, -0.15) is 5.10 Å². The van der Waals surface area contributed by atoms with Crippen LogP contribution < -0.4 is 10.0 Å². The molecule has 1 heterocycles. The van der Waals surface area contributed by atoms with Crippen molar-refractivity contribution in [2.45, 2.75) is 19.9 Å². The van der Waals surface area contributed by atoms with E-state index in [1.807, 2.05) is 13.8 Å². The highest BCUT2D eigenvalue weighted by molar-refractivity contribution is 7.92. The molecule has 1 atom stereocenters. The van der Waals surface area contributed by atoms with Crippen LogP contribution in [0.5, 0.6) is 0 Å². The summed E-state index contributed by atoms with van der Waals surface area (Å²) in [5.41, 5.74) is 3.17. The Bertz CT molecular complexity index is 1120. The number of halogens is 1. The van der Waals surface area contributed by atoms with Crippen molar-refractivity contribution in [1.29, 1.82) is 0 Å². The Hall–Kier alpha value is -3.20. The van der Waals surface area contributed by atoms with Crippen LogP contribution in [0.15, 0.2) is 54.7 Å². The quantitative estimate of drug-likeness (QED) is 0.645. The predicted molar refractivity (Wildman–Crippen MR) is 109 cm³/mol. The first-order valence-corrected chi connectivity index (χ1v) is 10.7. The molecule has 2 aromatic carbocycles. The van der Waals surface area contributed by atoms with Gasteiger partial charge in [-0.25, -0.2) is 17.5 Å². The number of rotatable bonds is 6. The zero-order valence-electron chi connectivity index (χ0n) is 16.2. The van der Waals surface area contributed by atoms with Gasteiger partial charge in [0.1, 0.15) is 5.82 Å². The minimum Gasteiger partial charge on any atom is -0.345 e. The third kappa shape index (κ3) is 5.00. The van der Waals surface area contributed by atoms with Gasteiger partial charge in [0.15, 0.2) is 0 Å². The number of amides is 1. The molecule has 0 unspecified atom stereocenters. The SMILES string of the molecule is Cc1c([C@@H](C)NC(=O)c2ccc(NS(C)(=O)=O)cc2)cnn1-c1ccc(F)cc1. The Morgan fingerprint density at radius 2 is 1.72 bits per heavy atom. The lowest BCUT2D eigenvalue weighted by Crippen LogP contribution is -2.27. The topological polar surface area (TPSA) is 93.1 Å². The molecular formula is C20H21FN4O3S. The Balaban J connectivity index is 1.72. The van der Waals surface area contributed by atoms with Crippen molar-refractivity contribution in [2.75, 3.05) is 11.0 Å². The largest absolute Gasteiger partial charge is 0.345 e. The van der Waals surface area contributed by atoms with E-state index in [-0.39, 0.29) is 17.8 Å². The fourth-order valence-electron chi connectivity index (χ4n) is 2.95. The Labute approximate surface area is 168 Å². The van der Waals surface area contributed by atoms with Crippen molar-refractivity contribution in [3.05, 3.63) is 77.4 Å². The summed E-state index contributed by atoms with van der Waals surface area (Å²) in [7, 11) is -3.37. The van der Waals surface area contributed by atoms with Crippen LogP contribution in [-0.4, -0.2) is 30.4 Å². The third-order valence-corrected chi connectivity index (χ3v) is 4.99. The molecule has 0 saturated heterocycles. The van der Waals surface area contributed by atoms with Crippen LogP contribution in [0.2, 0.25) is 0 Å². The summed E-state index contributed by atoms with van der Waals surface area (Å²) in [6.07, 6.45) is 2.73. The second-order valence-corrected chi connectivity index (χ2v) is 8.47. The Morgan fingerprint density at radius 3 is 2.31 bits per heavy atom. The summed E-state index contributed by atoms with van der Waals surface area (Å²) < 4.78 is 39.7. The van der Waals surface area contributed by atoms with E-state index in [4.69, 9.17) is 0 Å². The molecule has 0 bridgehead atoms. The average Bonchev–Trinajstić information content (AvgIpc) is 3.03. The van der Waals surface area contributed by atoms with Gasteiger partial charge in [0, 0.05) is 22.5 Å². The molecule has 1 amide bonds. The van der Waals surface area contributed by atoms with Gasteiger partial charge in [-0.1, -0.05) is 0 Å². The van der Waals surface area contributed by atoms with E-state index in [0.29, 0.717) is 11.3 Å². The summed E-state index contributed by atoms with van der Waals surface area (Å²) >= 11 is 0. The maximum atomic E-state index is 13.1. The van der Waals surface area contributed by atoms with Crippen LogP contribution in [0.4, 0.5) is 10.1 Å². The maximum absolute atomic E-state index is 13.1. The minimum atomic E-state index is -3.37. The first-order valence-electron chi connectivity index (χ1n) is 8.83. The van der Waals surface area contributed by atoms with Gasteiger partial charge in [0.2, 0.25) is 10.0 Å². The van der Waals surface area contributed by atoms with E-state index in [1.165, 1.54) is 24.3 Å². The molecule has 152 valence electrons. The van der Waals surface area contributed by atoms with Gasteiger partial charge < -0.3 is 5.32 Å². The average molecular weight is 416 g/mol. The van der Waals surface area contributed by atoms with E-state index < -0.39 is 10.0 Å². The van der Waals surface area contributed by atoms with Crippen molar-refractivity contribution in [3.8, 4) is 5.69 Å². The lowest BCUT2D eigenvalue weighted by Gasteiger charge is -2.14. The Kier molecular flexibility index (Phi) is 5.69. The maximum Gasteiger partial charge on any atom is 0.251 e. The predicted octanol–water partition coefficient (Wildman–Crippen LogP) is 3.18. The number of sulfonamides is 1. The summed E-state index contributed by atoms with van der Waals surface area (Å²) in [4.78, 5) is 12.5. The molecule has 0 radical (unpaired) electrons. The molecule has 3 rings (SSSR count). The molecular weight excluding hydrogens is 395 g/mol. The molecule has 0 aliphatic rings. The van der Waals surface area contributed by atoms with Crippen LogP contribution in [0.1, 0.15) is 34.6 Å². The van der Waals surface area contributed by atoms with E-state index in [2.05, 4.69) is 15.1 Å². The zero-order valence-corrected chi connectivity index (χ0v) is 17.0. The molecule has 0 aliphatic heterocycles. The molecule has 9 heteroatoms. The number of hydrogen-bond acceptors (Lipinski definition) is 4. The number of benzene rings is 2. The monoisotopic (exact) mass is 416 g/mol. The smallest absolute Gasteiger partial charge is 0.251 e. The number of nitrogens with one attached hydrogen (secondary N) is 2. The number of hydrogen-bond donors (Lipinski definition) is 2. The van der Waals surface area contributed by atoms with Gasteiger partial charge in [-0.15, -0.1) is 0 Å². The minimum absolute atomic E-state index is 0.294. The highest BCUT2D eigenvalue weighted by atomic mass is 32.2. The molecule has 1 aromatic heterocycles. The lowest BCUT2D eigenvalue weighted by atomic mass is 10.1. The summed E-state index contributed by atoms with van der Waals surface area (Å²) in [5.74, 6) is -0.616. The van der Waals surface area contributed by atoms with E-state index >= 15 is 0 Å². The molecule has 29 heavy (non-hydrogen) atoms. The summed E-state index contributed by atoms with van der Waals surface area (Å²) in [5, 5.41) is 7.24. The number of anilines is 1. The van der Waals surface area contributed by atoms with Gasteiger partial charge >= 0.3 is 0 Å². The number of aromatic nitrogens is 2. The molecule has 0 spiro atoms. The number of nitrogens with zero attached hydrogens (tertiary/aromatic N) is 2. The summed E-state index contributed by atoms with van der Waals surface area (Å²) in [6, 6.07) is 11.8. The fourth-order valence-corrected chi connectivity index (χ4v) is 3.52. The van der Waals surface area contributed by atoms with E-state index in [1.54, 1.807) is 35.1 Å². The van der Waals surface area contributed by atoms with Gasteiger partial charge in [-0.05, 0) is 62.4 Å². The van der Waals surface area contributed by atoms with E-state index in [0.717, 1.165) is 23.2 Å². The molecule has 0 aliphatic carbocycles. The van der Waals surface area contributed by atoms with Crippen molar-refractivity contribution in [2.24, 2.45) is 0 Å². The molecule has 3 aromatic rings. The van der Waals surface area contributed by atoms with Gasteiger partial charge in [-0.3, -0.25) is 9.52 Å². The van der Waals surface area contributed by atoms with Crippen LogP contribution in [0, 0.1) is 12.7 Å². The van der Waals surface area contributed by atoms with E-state index in [9.17, 15) is 17.6 Å².